The zero-order chi connectivity index (χ0) is 46.5. The molecule has 0 fully saturated rings. The van der Waals surface area contributed by atoms with E-state index in [1.807, 2.05) is 0 Å². The fourth-order valence-electron chi connectivity index (χ4n) is 8.55. The first-order valence-corrected chi connectivity index (χ1v) is 28.2. The molecular formula is C58H109NO5. The fraction of sp³-hybridized carbons (Fsp3) is 0.862. The minimum absolute atomic E-state index is 0.00300. The Morgan fingerprint density at radius 3 is 1.23 bits per heavy atom. The second-order valence-corrected chi connectivity index (χ2v) is 19.3. The molecule has 2 unspecified atom stereocenters. The average Bonchev–Trinajstić information content (AvgIpc) is 3.29. The number of allylic oxidation sites excluding steroid dienone is 6. The predicted octanol–water partition coefficient (Wildman–Crippen LogP) is 17.2. The summed E-state index contributed by atoms with van der Waals surface area (Å²) >= 11 is 0. The van der Waals surface area contributed by atoms with Crippen LogP contribution in [0, 0.1) is 0 Å². The van der Waals surface area contributed by atoms with E-state index in [0.717, 1.165) is 51.4 Å². The van der Waals surface area contributed by atoms with Crippen molar-refractivity contribution in [2.24, 2.45) is 0 Å². The van der Waals surface area contributed by atoms with Crippen molar-refractivity contribution in [3.63, 3.8) is 0 Å². The summed E-state index contributed by atoms with van der Waals surface area (Å²) in [4.78, 5) is 24.4. The summed E-state index contributed by atoms with van der Waals surface area (Å²) in [5, 5.41) is 23.1. The summed E-state index contributed by atoms with van der Waals surface area (Å²) in [6.07, 6.45) is 65.7. The molecule has 0 aliphatic carbocycles. The second kappa shape index (κ2) is 53.7. The molecular weight excluding hydrogens is 791 g/mol. The molecule has 0 aromatic rings. The minimum atomic E-state index is -0.666. The highest BCUT2D eigenvalue weighted by atomic mass is 16.5. The molecule has 2 atom stereocenters. The van der Waals surface area contributed by atoms with E-state index >= 15 is 0 Å². The molecule has 0 aromatic heterocycles. The van der Waals surface area contributed by atoms with E-state index in [9.17, 15) is 19.8 Å². The van der Waals surface area contributed by atoms with Gasteiger partial charge in [-0.15, -0.1) is 0 Å². The number of esters is 1. The Bertz CT molecular complexity index is 1040. The Balaban J connectivity index is 3.39. The number of hydrogen-bond acceptors (Lipinski definition) is 5. The van der Waals surface area contributed by atoms with Crippen molar-refractivity contribution in [1.29, 1.82) is 0 Å². The van der Waals surface area contributed by atoms with Crippen molar-refractivity contribution in [1.82, 2.24) is 5.32 Å². The van der Waals surface area contributed by atoms with E-state index in [2.05, 4.69) is 55.6 Å². The number of amides is 1. The Morgan fingerprint density at radius 2 is 0.781 bits per heavy atom. The molecule has 0 rings (SSSR count). The van der Waals surface area contributed by atoms with Crippen LogP contribution in [-0.2, 0) is 14.3 Å². The van der Waals surface area contributed by atoms with Gasteiger partial charge in [-0.1, -0.05) is 237 Å². The summed E-state index contributed by atoms with van der Waals surface area (Å²) in [6, 6.07) is -0.544. The van der Waals surface area contributed by atoms with Crippen LogP contribution in [0.25, 0.3) is 0 Å². The van der Waals surface area contributed by atoms with Crippen molar-refractivity contribution in [3.8, 4) is 0 Å². The molecule has 1 amide bonds. The van der Waals surface area contributed by atoms with Gasteiger partial charge in [-0.05, 0) is 83.5 Å². The van der Waals surface area contributed by atoms with Gasteiger partial charge in [0.1, 0.15) is 0 Å². The van der Waals surface area contributed by atoms with E-state index in [1.54, 1.807) is 0 Å². The van der Waals surface area contributed by atoms with Crippen LogP contribution in [0.4, 0.5) is 0 Å². The monoisotopic (exact) mass is 900 g/mol. The maximum absolute atomic E-state index is 12.4. The Morgan fingerprint density at radius 1 is 0.438 bits per heavy atom. The van der Waals surface area contributed by atoms with Crippen LogP contribution in [0.3, 0.4) is 0 Å². The van der Waals surface area contributed by atoms with Gasteiger partial charge >= 0.3 is 5.97 Å². The molecule has 0 bridgehead atoms. The normalized spacial score (nSPS) is 12.9. The SMILES string of the molecule is CCCCC/C=C\C/C=C\CCCCCCCC(=O)OCCCCCCCCCCCCCC/C=C\CCCCCCCCCC(=O)NC(CO)C(O)CCCCCCCCCCC. The highest BCUT2D eigenvalue weighted by Crippen LogP contribution is 2.16. The van der Waals surface area contributed by atoms with Crippen LogP contribution in [0.1, 0.15) is 296 Å². The minimum Gasteiger partial charge on any atom is -0.466 e. The van der Waals surface area contributed by atoms with Crippen molar-refractivity contribution < 1.29 is 24.5 Å². The lowest BCUT2D eigenvalue weighted by molar-refractivity contribution is -0.143. The molecule has 6 heteroatoms. The van der Waals surface area contributed by atoms with E-state index in [0.29, 0.717) is 25.9 Å². The molecule has 64 heavy (non-hydrogen) atoms. The molecule has 0 radical (unpaired) electrons. The molecule has 6 nitrogen and oxygen atoms in total. The molecule has 0 saturated carbocycles. The van der Waals surface area contributed by atoms with Crippen molar-refractivity contribution in [2.75, 3.05) is 13.2 Å². The van der Waals surface area contributed by atoms with Crippen LogP contribution in [-0.4, -0.2) is 47.4 Å². The summed E-state index contributed by atoms with van der Waals surface area (Å²) in [5.41, 5.74) is 0. The quantitative estimate of drug-likeness (QED) is 0.0321. The van der Waals surface area contributed by atoms with Gasteiger partial charge in [0.05, 0.1) is 25.4 Å². The van der Waals surface area contributed by atoms with E-state index < -0.39 is 12.1 Å². The van der Waals surface area contributed by atoms with Gasteiger partial charge in [0.15, 0.2) is 0 Å². The van der Waals surface area contributed by atoms with Crippen LogP contribution >= 0.6 is 0 Å². The van der Waals surface area contributed by atoms with Crippen molar-refractivity contribution >= 4 is 11.9 Å². The third-order valence-corrected chi connectivity index (χ3v) is 12.9. The summed E-state index contributed by atoms with van der Waals surface area (Å²) in [7, 11) is 0. The van der Waals surface area contributed by atoms with Gasteiger partial charge in [-0.2, -0.15) is 0 Å². The number of rotatable bonds is 52. The van der Waals surface area contributed by atoms with Gasteiger partial charge in [-0.25, -0.2) is 0 Å². The smallest absolute Gasteiger partial charge is 0.305 e. The molecule has 0 heterocycles. The third-order valence-electron chi connectivity index (χ3n) is 12.9. The Kier molecular flexibility index (Phi) is 52.1. The topological polar surface area (TPSA) is 95.9 Å². The molecule has 0 aliphatic heterocycles. The zero-order valence-corrected chi connectivity index (χ0v) is 42.8. The number of ether oxygens (including phenoxy) is 1. The van der Waals surface area contributed by atoms with Gasteiger partial charge in [-0.3, -0.25) is 9.59 Å². The molecule has 3 N–H and O–H groups in total. The summed E-state index contributed by atoms with van der Waals surface area (Å²) in [5.74, 6) is -0.0472. The highest BCUT2D eigenvalue weighted by molar-refractivity contribution is 5.76. The number of carbonyl (C=O) groups is 2. The molecule has 0 saturated heterocycles. The number of unbranched alkanes of at least 4 members (excludes halogenated alkanes) is 35. The van der Waals surface area contributed by atoms with E-state index in [-0.39, 0.29) is 18.5 Å². The Hall–Kier alpha value is -1.92. The molecule has 376 valence electrons. The number of aliphatic hydroxyl groups is 2. The van der Waals surface area contributed by atoms with Crippen LogP contribution < -0.4 is 5.32 Å². The largest absolute Gasteiger partial charge is 0.466 e. The van der Waals surface area contributed by atoms with E-state index in [4.69, 9.17) is 4.74 Å². The second-order valence-electron chi connectivity index (χ2n) is 19.3. The maximum Gasteiger partial charge on any atom is 0.305 e. The standard InChI is InChI=1S/C58H109NO5/c1-3-5-7-9-11-13-14-15-25-29-32-36-40-44-48-52-58(63)64-53-49-45-41-37-33-30-27-24-22-20-18-16-17-19-21-23-26-28-31-35-39-43-47-51-57(62)59-55(54-60)56(61)50-46-42-38-34-12-10-8-6-4-2/h11,13,15,19,21,25,55-56,60-61H,3-10,12,14,16-18,20,22-24,26-54H2,1-2H3,(H,59,62)/b13-11-,21-19-,25-15-. The number of aliphatic hydroxyl groups excluding tert-OH is 2. The Labute approximate surface area is 398 Å². The first-order chi connectivity index (χ1) is 31.5. The first kappa shape index (κ1) is 62.1. The van der Waals surface area contributed by atoms with E-state index in [1.165, 1.54) is 212 Å². The van der Waals surface area contributed by atoms with Crippen LogP contribution in [0.2, 0.25) is 0 Å². The zero-order valence-electron chi connectivity index (χ0n) is 42.8. The van der Waals surface area contributed by atoms with Gasteiger partial charge in [0.2, 0.25) is 5.91 Å². The number of nitrogens with one attached hydrogen (secondary N) is 1. The number of carbonyl (C=O) groups excluding carboxylic acids is 2. The average molecular weight is 901 g/mol. The lowest BCUT2D eigenvalue weighted by Gasteiger charge is -2.22. The molecule has 0 aromatic carbocycles. The predicted molar refractivity (Wildman–Crippen MR) is 278 cm³/mol. The van der Waals surface area contributed by atoms with Crippen LogP contribution in [0.5, 0.6) is 0 Å². The molecule has 0 spiro atoms. The van der Waals surface area contributed by atoms with Gasteiger partial charge in [0, 0.05) is 12.8 Å². The molecule has 0 aliphatic rings. The third kappa shape index (κ3) is 49.5. The fourth-order valence-corrected chi connectivity index (χ4v) is 8.55. The van der Waals surface area contributed by atoms with Crippen molar-refractivity contribution in [2.45, 2.75) is 309 Å². The summed E-state index contributed by atoms with van der Waals surface area (Å²) in [6.45, 7) is 4.89. The van der Waals surface area contributed by atoms with Gasteiger partial charge < -0.3 is 20.3 Å². The lowest BCUT2D eigenvalue weighted by atomic mass is 10.0. The number of hydrogen-bond donors (Lipinski definition) is 3. The van der Waals surface area contributed by atoms with Crippen LogP contribution in [0.15, 0.2) is 36.5 Å². The maximum atomic E-state index is 12.4. The van der Waals surface area contributed by atoms with Gasteiger partial charge in [0.25, 0.3) is 0 Å². The summed E-state index contributed by atoms with van der Waals surface area (Å²) < 4.78 is 5.47. The first-order valence-electron chi connectivity index (χ1n) is 28.2. The van der Waals surface area contributed by atoms with Crippen molar-refractivity contribution in [3.05, 3.63) is 36.5 Å². The lowest BCUT2D eigenvalue weighted by Crippen LogP contribution is -2.45. The highest BCUT2D eigenvalue weighted by Gasteiger charge is 2.20.